The molecule has 4 heteroatoms. The van der Waals surface area contributed by atoms with Gasteiger partial charge in [-0.3, -0.25) is 9.59 Å². The lowest BCUT2D eigenvalue weighted by atomic mass is 9.81. The molecule has 0 amide bonds. The van der Waals surface area contributed by atoms with Gasteiger partial charge in [-0.25, -0.2) is 0 Å². The fraction of sp³-hybridized carbons (Fsp3) is 0.857. The Morgan fingerprint density at radius 2 is 1.28 bits per heavy atom. The molecule has 0 radical (unpaired) electrons. The maximum Gasteiger partial charge on any atom is 0.309 e. The van der Waals surface area contributed by atoms with Crippen LogP contribution >= 0.6 is 0 Å². The van der Waals surface area contributed by atoms with E-state index in [-0.39, 0.29) is 36.0 Å². The number of ether oxygens (including phenoxy) is 2. The van der Waals surface area contributed by atoms with Crippen LogP contribution < -0.4 is 0 Å². The highest BCUT2D eigenvalue weighted by Gasteiger charge is 2.33. The van der Waals surface area contributed by atoms with E-state index in [1.807, 2.05) is 27.7 Å². The Labute approximate surface area is 109 Å². The van der Waals surface area contributed by atoms with Crippen LogP contribution in [0.3, 0.4) is 0 Å². The minimum Gasteiger partial charge on any atom is -0.463 e. The minimum atomic E-state index is -0.174. The van der Waals surface area contributed by atoms with Crippen molar-refractivity contribution in [2.45, 2.75) is 65.6 Å². The predicted octanol–water partition coefficient (Wildman–Crippen LogP) is 2.70. The molecule has 0 aliphatic heterocycles. The first-order valence-electron chi connectivity index (χ1n) is 6.81. The summed E-state index contributed by atoms with van der Waals surface area (Å²) in [4.78, 5) is 23.6. The second-order valence-electron chi connectivity index (χ2n) is 5.53. The number of carbonyl (C=O) groups excluding carboxylic acids is 2. The zero-order valence-electron chi connectivity index (χ0n) is 11.8. The van der Waals surface area contributed by atoms with Gasteiger partial charge in [0.1, 0.15) is 0 Å². The molecule has 2 atom stereocenters. The highest BCUT2D eigenvalue weighted by Crippen LogP contribution is 2.31. The van der Waals surface area contributed by atoms with E-state index in [1.165, 1.54) is 0 Å². The first kappa shape index (κ1) is 15.0. The van der Waals surface area contributed by atoms with E-state index in [2.05, 4.69) is 0 Å². The summed E-state index contributed by atoms with van der Waals surface area (Å²) < 4.78 is 10.4. The van der Waals surface area contributed by atoms with Crippen LogP contribution in [0.5, 0.6) is 0 Å². The van der Waals surface area contributed by atoms with Crippen molar-refractivity contribution in [1.82, 2.24) is 0 Å². The van der Waals surface area contributed by atoms with Gasteiger partial charge in [0.25, 0.3) is 0 Å². The lowest BCUT2D eigenvalue weighted by Gasteiger charge is -2.27. The topological polar surface area (TPSA) is 52.6 Å². The molecule has 1 aliphatic rings. The van der Waals surface area contributed by atoms with E-state index in [4.69, 9.17) is 9.47 Å². The Morgan fingerprint density at radius 1 is 0.889 bits per heavy atom. The van der Waals surface area contributed by atoms with Crippen molar-refractivity contribution >= 4 is 11.9 Å². The van der Waals surface area contributed by atoms with Crippen LogP contribution in [0.25, 0.3) is 0 Å². The normalized spacial score (nSPS) is 24.1. The zero-order valence-corrected chi connectivity index (χ0v) is 11.8. The van der Waals surface area contributed by atoms with Crippen LogP contribution in [0.4, 0.5) is 0 Å². The van der Waals surface area contributed by atoms with Crippen molar-refractivity contribution < 1.29 is 19.1 Å². The average molecular weight is 256 g/mol. The number of carbonyl (C=O) groups is 2. The van der Waals surface area contributed by atoms with Gasteiger partial charge in [-0.05, 0) is 47.0 Å². The van der Waals surface area contributed by atoms with Crippen LogP contribution in [-0.4, -0.2) is 24.1 Å². The summed E-state index contributed by atoms with van der Waals surface area (Å²) in [5.74, 6) is -0.643. The molecule has 1 fully saturated rings. The van der Waals surface area contributed by atoms with E-state index in [0.29, 0.717) is 6.42 Å². The summed E-state index contributed by atoms with van der Waals surface area (Å²) in [5.41, 5.74) is 0. The molecule has 0 heterocycles. The smallest absolute Gasteiger partial charge is 0.309 e. The van der Waals surface area contributed by atoms with E-state index in [1.54, 1.807) is 0 Å². The lowest BCUT2D eigenvalue weighted by Crippen LogP contribution is -2.31. The maximum atomic E-state index is 11.8. The minimum absolute atomic E-state index is 0.0968. The molecular formula is C14H24O4. The summed E-state index contributed by atoms with van der Waals surface area (Å²) in [6.45, 7) is 7.35. The van der Waals surface area contributed by atoms with Gasteiger partial charge in [-0.2, -0.15) is 0 Å². The fourth-order valence-electron chi connectivity index (χ4n) is 2.28. The molecule has 0 aromatic carbocycles. The van der Waals surface area contributed by atoms with Crippen molar-refractivity contribution in [3.63, 3.8) is 0 Å². The zero-order chi connectivity index (χ0) is 13.7. The third-order valence-electron chi connectivity index (χ3n) is 3.04. The molecule has 1 saturated carbocycles. The quantitative estimate of drug-likeness (QED) is 0.726. The molecule has 0 unspecified atom stereocenters. The number of hydrogen-bond acceptors (Lipinski definition) is 4. The molecule has 0 bridgehead atoms. The second kappa shape index (κ2) is 6.76. The molecule has 104 valence electrons. The standard InChI is InChI=1S/C14H24O4/c1-9(2)17-13(15)11-6-5-7-12(8-11)14(16)18-10(3)4/h9-12H,5-8H2,1-4H3/t11-,12+. The summed E-state index contributed by atoms with van der Waals surface area (Å²) >= 11 is 0. The van der Waals surface area contributed by atoms with Crippen molar-refractivity contribution in [2.75, 3.05) is 0 Å². The van der Waals surface area contributed by atoms with E-state index in [9.17, 15) is 9.59 Å². The largest absolute Gasteiger partial charge is 0.463 e. The number of esters is 2. The van der Waals surface area contributed by atoms with Crippen molar-refractivity contribution in [2.24, 2.45) is 11.8 Å². The highest BCUT2D eigenvalue weighted by molar-refractivity contribution is 5.76. The number of hydrogen-bond donors (Lipinski definition) is 0. The van der Waals surface area contributed by atoms with Crippen LogP contribution in [0.1, 0.15) is 53.4 Å². The van der Waals surface area contributed by atoms with Crippen LogP contribution in [0, 0.1) is 11.8 Å². The Morgan fingerprint density at radius 3 is 1.61 bits per heavy atom. The van der Waals surface area contributed by atoms with Gasteiger partial charge >= 0.3 is 11.9 Å². The van der Waals surface area contributed by atoms with Crippen molar-refractivity contribution in [1.29, 1.82) is 0 Å². The molecule has 4 nitrogen and oxygen atoms in total. The van der Waals surface area contributed by atoms with Gasteiger partial charge in [0, 0.05) is 0 Å². The third-order valence-corrected chi connectivity index (χ3v) is 3.04. The van der Waals surface area contributed by atoms with E-state index in [0.717, 1.165) is 19.3 Å². The maximum absolute atomic E-state index is 11.8. The van der Waals surface area contributed by atoms with Gasteiger partial charge in [0.05, 0.1) is 24.0 Å². The summed E-state index contributed by atoms with van der Waals surface area (Å²) in [6, 6.07) is 0. The second-order valence-corrected chi connectivity index (χ2v) is 5.53. The van der Waals surface area contributed by atoms with Gasteiger partial charge in [-0.15, -0.1) is 0 Å². The van der Waals surface area contributed by atoms with Gasteiger partial charge in [0.2, 0.25) is 0 Å². The van der Waals surface area contributed by atoms with Gasteiger partial charge < -0.3 is 9.47 Å². The Kier molecular flexibility index (Phi) is 5.63. The third kappa shape index (κ3) is 4.67. The Hall–Kier alpha value is -1.06. The van der Waals surface area contributed by atoms with Crippen molar-refractivity contribution in [3.8, 4) is 0 Å². The monoisotopic (exact) mass is 256 g/mol. The molecule has 0 N–H and O–H groups in total. The Balaban J connectivity index is 2.50. The van der Waals surface area contributed by atoms with Crippen LogP contribution in [0.2, 0.25) is 0 Å². The molecule has 18 heavy (non-hydrogen) atoms. The Bertz CT molecular complexity index is 268. The fourth-order valence-corrected chi connectivity index (χ4v) is 2.28. The van der Waals surface area contributed by atoms with Crippen LogP contribution in [-0.2, 0) is 19.1 Å². The lowest BCUT2D eigenvalue weighted by molar-refractivity contribution is -0.158. The van der Waals surface area contributed by atoms with Gasteiger partial charge in [0.15, 0.2) is 0 Å². The summed E-state index contributed by atoms with van der Waals surface area (Å²) in [7, 11) is 0. The summed E-state index contributed by atoms with van der Waals surface area (Å²) in [6.07, 6.45) is 2.89. The highest BCUT2D eigenvalue weighted by atomic mass is 16.5. The predicted molar refractivity (Wildman–Crippen MR) is 67.9 cm³/mol. The number of rotatable bonds is 4. The molecule has 0 aromatic heterocycles. The summed E-state index contributed by atoms with van der Waals surface area (Å²) in [5, 5.41) is 0. The van der Waals surface area contributed by atoms with Gasteiger partial charge in [-0.1, -0.05) is 6.42 Å². The molecular weight excluding hydrogens is 232 g/mol. The molecule has 0 aromatic rings. The van der Waals surface area contributed by atoms with E-state index < -0.39 is 0 Å². The molecule has 0 saturated heterocycles. The van der Waals surface area contributed by atoms with Crippen molar-refractivity contribution in [3.05, 3.63) is 0 Å². The van der Waals surface area contributed by atoms with Crippen LogP contribution in [0.15, 0.2) is 0 Å². The first-order chi connectivity index (χ1) is 8.40. The average Bonchev–Trinajstić information content (AvgIpc) is 2.27. The molecule has 1 aliphatic carbocycles. The molecule has 1 rings (SSSR count). The molecule has 0 spiro atoms. The first-order valence-corrected chi connectivity index (χ1v) is 6.81. The van der Waals surface area contributed by atoms with E-state index >= 15 is 0 Å². The SMILES string of the molecule is CC(C)OC(=O)[C@@H]1CCC[C@H](C(=O)OC(C)C)C1.